The highest BCUT2D eigenvalue weighted by Crippen LogP contribution is 2.26. The monoisotopic (exact) mass is 381 g/mol. The molecule has 0 spiro atoms. The Morgan fingerprint density at radius 1 is 1.35 bits per heavy atom. The summed E-state index contributed by atoms with van der Waals surface area (Å²) < 4.78 is 5.10. The van der Waals surface area contributed by atoms with Gasteiger partial charge < -0.3 is 20.7 Å². The molecule has 1 aliphatic rings. The highest BCUT2D eigenvalue weighted by Gasteiger charge is 2.24. The number of hydrogen-bond donors (Lipinski definition) is 2. The van der Waals surface area contributed by atoms with Crippen molar-refractivity contribution in [1.82, 2.24) is 4.90 Å². The Morgan fingerprint density at radius 3 is 2.62 bits per heavy atom. The predicted molar refractivity (Wildman–Crippen MR) is 104 cm³/mol. The van der Waals surface area contributed by atoms with Crippen molar-refractivity contribution in [3.05, 3.63) is 28.8 Å². The fourth-order valence-corrected chi connectivity index (χ4v) is 3.53. The van der Waals surface area contributed by atoms with Crippen molar-refractivity contribution >= 4 is 29.1 Å². The molecule has 1 saturated carbocycles. The Bertz CT molecular complexity index is 628. The summed E-state index contributed by atoms with van der Waals surface area (Å²) in [5.74, 6) is -0.292. The predicted octanol–water partition coefficient (Wildman–Crippen LogP) is 3.05. The van der Waals surface area contributed by atoms with E-state index in [0.717, 1.165) is 25.7 Å². The number of benzene rings is 1. The molecular formula is C19H28ClN3O3. The van der Waals surface area contributed by atoms with Crippen LogP contribution in [0.4, 0.5) is 5.69 Å². The Morgan fingerprint density at radius 2 is 2.04 bits per heavy atom. The quantitative estimate of drug-likeness (QED) is 0.760. The zero-order chi connectivity index (χ0) is 19.1. The van der Waals surface area contributed by atoms with Gasteiger partial charge >= 0.3 is 0 Å². The Kier molecular flexibility index (Phi) is 7.87. The largest absolute Gasteiger partial charge is 0.380 e. The third kappa shape index (κ3) is 5.43. The van der Waals surface area contributed by atoms with Gasteiger partial charge in [-0.25, -0.2) is 0 Å². The summed E-state index contributed by atoms with van der Waals surface area (Å²) in [5, 5.41) is 3.09. The van der Waals surface area contributed by atoms with Gasteiger partial charge in [-0.05, 0) is 31.0 Å². The molecule has 1 aromatic rings. The Labute approximate surface area is 160 Å². The number of methoxy groups -OCH3 is 1. The second-order valence-corrected chi connectivity index (χ2v) is 7.16. The maximum atomic E-state index is 12.7. The van der Waals surface area contributed by atoms with Crippen LogP contribution in [0, 0.1) is 0 Å². The van der Waals surface area contributed by atoms with E-state index < -0.39 is 0 Å². The Balaban J connectivity index is 2.01. The first-order valence-corrected chi connectivity index (χ1v) is 9.43. The lowest BCUT2D eigenvalue weighted by molar-refractivity contribution is -0.118. The number of rotatable bonds is 7. The minimum Gasteiger partial charge on any atom is -0.380 e. The molecule has 2 rings (SSSR count). The summed E-state index contributed by atoms with van der Waals surface area (Å²) in [7, 11) is 3.35. The van der Waals surface area contributed by atoms with Crippen LogP contribution in [0.5, 0.6) is 0 Å². The van der Waals surface area contributed by atoms with Crippen LogP contribution in [0.25, 0.3) is 0 Å². The summed E-state index contributed by atoms with van der Waals surface area (Å²) in [6, 6.07) is 5.23. The minimum atomic E-state index is -0.324. The second-order valence-electron chi connectivity index (χ2n) is 6.75. The van der Waals surface area contributed by atoms with Gasteiger partial charge in [0.2, 0.25) is 5.91 Å². The lowest BCUT2D eigenvalue weighted by Gasteiger charge is -2.31. The molecule has 144 valence electrons. The number of halogens is 1. The number of nitrogens with two attached hydrogens (primary N) is 1. The van der Waals surface area contributed by atoms with E-state index >= 15 is 0 Å². The van der Waals surface area contributed by atoms with Gasteiger partial charge in [0.1, 0.15) is 0 Å². The van der Waals surface area contributed by atoms with E-state index in [2.05, 4.69) is 5.32 Å². The van der Waals surface area contributed by atoms with Gasteiger partial charge in [-0.1, -0.05) is 30.9 Å². The van der Waals surface area contributed by atoms with Crippen molar-refractivity contribution in [2.75, 3.05) is 26.0 Å². The van der Waals surface area contributed by atoms with E-state index in [4.69, 9.17) is 22.1 Å². The molecule has 0 heterocycles. The second kappa shape index (κ2) is 9.90. The molecule has 1 fully saturated rings. The SMILES string of the molecule is COC(CN)CC(=O)Nc1ccc(C(=O)N(C)C2CCCCC2)c(Cl)c1. The molecule has 1 aromatic carbocycles. The van der Waals surface area contributed by atoms with E-state index in [9.17, 15) is 9.59 Å². The Hall–Kier alpha value is -1.63. The van der Waals surface area contributed by atoms with Gasteiger partial charge in [0.25, 0.3) is 5.91 Å². The van der Waals surface area contributed by atoms with Crippen LogP contribution in [-0.4, -0.2) is 49.6 Å². The number of nitrogens with zero attached hydrogens (tertiary/aromatic N) is 1. The number of amides is 2. The highest BCUT2D eigenvalue weighted by atomic mass is 35.5. The lowest BCUT2D eigenvalue weighted by atomic mass is 9.94. The third-order valence-corrected chi connectivity index (χ3v) is 5.25. The normalized spacial score (nSPS) is 16.2. The molecular weight excluding hydrogens is 354 g/mol. The number of nitrogens with one attached hydrogen (secondary N) is 1. The van der Waals surface area contributed by atoms with Crippen molar-refractivity contribution < 1.29 is 14.3 Å². The lowest BCUT2D eigenvalue weighted by Crippen LogP contribution is -2.38. The first-order valence-electron chi connectivity index (χ1n) is 9.05. The smallest absolute Gasteiger partial charge is 0.255 e. The highest BCUT2D eigenvalue weighted by molar-refractivity contribution is 6.34. The first kappa shape index (κ1) is 20.7. The van der Waals surface area contributed by atoms with E-state index in [-0.39, 0.29) is 36.9 Å². The van der Waals surface area contributed by atoms with Gasteiger partial charge in [0.15, 0.2) is 0 Å². The first-order chi connectivity index (χ1) is 12.5. The standard InChI is InChI=1S/C19H28ClN3O3/c1-23(14-6-4-3-5-7-14)19(25)16-9-8-13(10-17(16)20)22-18(24)11-15(12-21)26-2/h8-10,14-15H,3-7,11-12,21H2,1-2H3,(H,22,24). The van der Waals surface area contributed by atoms with Crippen molar-refractivity contribution in [3.8, 4) is 0 Å². The van der Waals surface area contributed by atoms with Crippen LogP contribution < -0.4 is 11.1 Å². The topological polar surface area (TPSA) is 84.7 Å². The van der Waals surface area contributed by atoms with Crippen LogP contribution in [0.2, 0.25) is 5.02 Å². The summed E-state index contributed by atoms with van der Waals surface area (Å²) in [4.78, 5) is 26.6. The van der Waals surface area contributed by atoms with Crippen LogP contribution in [0.3, 0.4) is 0 Å². The molecule has 0 aromatic heterocycles. The van der Waals surface area contributed by atoms with Gasteiger partial charge in [-0.2, -0.15) is 0 Å². The molecule has 3 N–H and O–H groups in total. The molecule has 1 atom stereocenters. The molecule has 7 heteroatoms. The molecule has 0 saturated heterocycles. The van der Waals surface area contributed by atoms with Crippen molar-refractivity contribution in [2.24, 2.45) is 5.73 Å². The van der Waals surface area contributed by atoms with Crippen molar-refractivity contribution in [2.45, 2.75) is 50.7 Å². The van der Waals surface area contributed by atoms with Crippen molar-refractivity contribution in [1.29, 1.82) is 0 Å². The summed E-state index contributed by atoms with van der Waals surface area (Å²) in [5.41, 5.74) is 6.52. The van der Waals surface area contributed by atoms with Gasteiger partial charge in [-0.15, -0.1) is 0 Å². The number of carbonyl (C=O) groups excluding carboxylic acids is 2. The van der Waals surface area contributed by atoms with E-state index in [0.29, 0.717) is 16.3 Å². The average Bonchev–Trinajstić information content (AvgIpc) is 2.65. The number of ether oxygens (including phenoxy) is 1. The molecule has 6 nitrogen and oxygen atoms in total. The van der Waals surface area contributed by atoms with E-state index in [1.807, 2.05) is 7.05 Å². The van der Waals surface area contributed by atoms with Gasteiger partial charge in [0.05, 0.1) is 23.1 Å². The fraction of sp³-hybridized carbons (Fsp3) is 0.579. The molecule has 0 radical (unpaired) electrons. The molecule has 1 aliphatic carbocycles. The van der Waals surface area contributed by atoms with Gasteiger partial charge in [-0.3, -0.25) is 9.59 Å². The molecule has 26 heavy (non-hydrogen) atoms. The van der Waals surface area contributed by atoms with Crippen LogP contribution >= 0.6 is 11.6 Å². The fourth-order valence-electron chi connectivity index (χ4n) is 3.27. The van der Waals surface area contributed by atoms with E-state index in [1.54, 1.807) is 23.1 Å². The van der Waals surface area contributed by atoms with Crippen molar-refractivity contribution in [3.63, 3.8) is 0 Å². The van der Waals surface area contributed by atoms with Crippen LogP contribution in [0.15, 0.2) is 18.2 Å². The summed E-state index contributed by atoms with van der Waals surface area (Å²) in [6.45, 7) is 0.269. The maximum absolute atomic E-state index is 12.7. The van der Waals surface area contributed by atoms with Crippen LogP contribution in [-0.2, 0) is 9.53 Å². The molecule has 0 aliphatic heterocycles. The van der Waals surface area contributed by atoms with E-state index in [1.165, 1.54) is 13.5 Å². The zero-order valence-corrected chi connectivity index (χ0v) is 16.2. The molecule has 2 amide bonds. The summed E-state index contributed by atoms with van der Waals surface area (Å²) >= 11 is 6.31. The molecule has 0 bridgehead atoms. The third-order valence-electron chi connectivity index (χ3n) is 4.94. The summed E-state index contributed by atoms with van der Waals surface area (Å²) in [6.07, 6.45) is 5.47. The number of carbonyl (C=O) groups is 2. The minimum absolute atomic E-state index is 0.0812. The number of hydrogen-bond acceptors (Lipinski definition) is 4. The zero-order valence-electron chi connectivity index (χ0n) is 15.5. The average molecular weight is 382 g/mol. The number of anilines is 1. The van der Waals surface area contributed by atoms with Gasteiger partial charge in [0, 0.05) is 32.4 Å². The molecule has 1 unspecified atom stereocenters. The van der Waals surface area contributed by atoms with Crippen LogP contribution in [0.1, 0.15) is 48.9 Å². The maximum Gasteiger partial charge on any atom is 0.255 e.